The quantitative estimate of drug-likeness (QED) is 0.0645. The number of aryl methyl sites for hydroxylation is 1. The molecule has 1 aromatic carbocycles. The minimum absolute atomic E-state index is 0.00171. The fourth-order valence-electron chi connectivity index (χ4n) is 6.33. The lowest BCUT2D eigenvalue weighted by Gasteiger charge is -2.37. The monoisotopic (exact) mass is 770 g/mol. The zero-order valence-corrected chi connectivity index (χ0v) is 37.1. The van der Waals surface area contributed by atoms with Crippen LogP contribution in [-0.4, -0.2) is 86.2 Å². The van der Waals surface area contributed by atoms with Gasteiger partial charge in [-0.15, -0.1) is 0 Å². The second kappa shape index (κ2) is 35.3. The molecule has 1 heterocycles. The molecule has 0 spiro atoms. The van der Waals surface area contributed by atoms with E-state index in [9.17, 15) is 19.2 Å². The first-order valence-electron chi connectivity index (χ1n) is 21.7. The number of hydrogen-bond donors (Lipinski definition) is 2. The largest absolute Gasteiger partial charge is 0.398 e. The molecule has 0 radical (unpaired) electrons. The molecule has 55 heavy (non-hydrogen) atoms. The number of rotatable bonds is 23. The number of hydrogen-bond acceptors (Lipinski definition) is 8. The van der Waals surface area contributed by atoms with E-state index in [-0.39, 0.29) is 23.5 Å². The number of nitrogens with one attached hydrogen (secondary N) is 1. The lowest BCUT2D eigenvalue weighted by Crippen LogP contribution is -2.43. The number of aldehydes is 2. The molecule has 1 aliphatic rings. The maximum Gasteiger partial charge on any atom is 0.222 e. The number of allylic oxidation sites excluding steroid dienone is 2. The maximum atomic E-state index is 12.1. The highest BCUT2D eigenvalue weighted by molar-refractivity contribution is 6.04. The van der Waals surface area contributed by atoms with Crippen LogP contribution in [0.25, 0.3) is 0 Å². The summed E-state index contributed by atoms with van der Waals surface area (Å²) >= 11 is 0. The summed E-state index contributed by atoms with van der Waals surface area (Å²) in [6, 6.07) is 5.64. The van der Waals surface area contributed by atoms with Gasteiger partial charge in [0.1, 0.15) is 12.5 Å². The van der Waals surface area contributed by atoms with Crippen molar-refractivity contribution in [3.8, 4) is 0 Å². The third-order valence-electron chi connectivity index (χ3n) is 10.0. The molecular formula is C46H83N5O4. The first-order chi connectivity index (χ1) is 26.5. The normalized spacial score (nSPS) is 15.0. The lowest BCUT2D eigenvalue weighted by atomic mass is 9.92. The number of nitrogens with two attached hydrogens (primary N) is 1. The summed E-state index contributed by atoms with van der Waals surface area (Å²) in [5.74, 6) is 0.856. The lowest BCUT2D eigenvalue weighted by molar-refractivity contribution is -0.124. The van der Waals surface area contributed by atoms with Gasteiger partial charge in [-0.25, -0.2) is 0 Å². The number of piperidine rings is 1. The number of likely N-dealkylation sites (tertiary alicyclic amines) is 1. The summed E-state index contributed by atoms with van der Waals surface area (Å²) in [7, 11) is 1.60. The van der Waals surface area contributed by atoms with Crippen LogP contribution in [0.2, 0.25) is 0 Å². The number of amides is 1. The molecule has 316 valence electrons. The van der Waals surface area contributed by atoms with Crippen molar-refractivity contribution in [2.45, 2.75) is 159 Å². The molecule has 9 heteroatoms. The highest BCUT2D eigenvalue weighted by Gasteiger charge is 2.25. The van der Waals surface area contributed by atoms with Crippen molar-refractivity contribution in [2.75, 3.05) is 39.8 Å². The van der Waals surface area contributed by atoms with Crippen molar-refractivity contribution in [1.29, 1.82) is 0 Å². The summed E-state index contributed by atoms with van der Waals surface area (Å²) < 4.78 is 0. The Kier molecular flexibility index (Phi) is 34.6. The number of unbranched alkanes of at least 4 members (excludes halogenated alkanes) is 2. The van der Waals surface area contributed by atoms with E-state index in [0.717, 1.165) is 61.9 Å². The number of benzene rings is 1. The second-order valence-corrected chi connectivity index (χ2v) is 14.5. The average Bonchev–Trinajstić information content (AvgIpc) is 3.22. The molecule has 3 unspecified atom stereocenters. The van der Waals surface area contributed by atoms with Gasteiger partial charge in [0.2, 0.25) is 5.91 Å². The second-order valence-electron chi connectivity index (χ2n) is 14.5. The fraction of sp³-hybridized carbons (Fsp3) is 0.717. The number of carbonyl (C=O) groups is 4. The molecule has 3 N–H and O–H groups in total. The van der Waals surface area contributed by atoms with Gasteiger partial charge in [-0.05, 0) is 95.3 Å². The van der Waals surface area contributed by atoms with Crippen LogP contribution in [0.3, 0.4) is 0 Å². The minimum Gasteiger partial charge on any atom is -0.398 e. The van der Waals surface area contributed by atoms with Gasteiger partial charge >= 0.3 is 0 Å². The van der Waals surface area contributed by atoms with Gasteiger partial charge < -0.3 is 20.7 Å². The Morgan fingerprint density at radius 2 is 1.56 bits per heavy atom. The fourth-order valence-corrected chi connectivity index (χ4v) is 6.33. The Hall–Kier alpha value is -3.17. The number of Topliss-reactive ketones (excluding diaryl/α,β-unsaturated/α-hetero) is 1. The molecule has 0 aliphatic carbocycles. The van der Waals surface area contributed by atoms with Gasteiger partial charge in [-0.1, -0.05) is 99.8 Å². The molecule has 3 atom stereocenters. The van der Waals surface area contributed by atoms with Crippen LogP contribution < -0.4 is 11.1 Å². The third-order valence-corrected chi connectivity index (χ3v) is 10.0. The first kappa shape index (κ1) is 53.9. The van der Waals surface area contributed by atoms with Crippen LogP contribution in [0.15, 0.2) is 35.0 Å². The average molecular weight is 770 g/mol. The van der Waals surface area contributed by atoms with Crippen molar-refractivity contribution < 1.29 is 19.2 Å². The molecule has 0 bridgehead atoms. The van der Waals surface area contributed by atoms with Crippen LogP contribution in [0.4, 0.5) is 0 Å². The number of ketones is 1. The predicted molar refractivity (Wildman–Crippen MR) is 235 cm³/mol. The van der Waals surface area contributed by atoms with E-state index < -0.39 is 0 Å². The van der Waals surface area contributed by atoms with E-state index in [1.807, 2.05) is 72.0 Å². The van der Waals surface area contributed by atoms with E-state index in [4.69, 9.17) is 10.7 Å². The molecule has 1 fully saturated rings. The predicted octanol–water partition coefficient (Wildman–Crippen LogP) is 9.71. The zero-order chi connectivity index (χ0) is 42.0. The van der Waals surface area contributed by atoms with E-state index in [0.29, 0.717) is 30.1 Å². The van der Waals surface area contributed by atoms with Crippen LogP contribution in [0, 0.1) is 17.8 Å². The van der Waals surface area contributed by atoms with E-state index in [1.165, 1.54) is 71.2 Å². The number of carbonyl (C=O) groups excluding carboxylic acids is 4. The molecule has 9 nitrogen and oxygen atoms in total. The van der Waals surface area contributed by atoms with Gasteiger partial charge in [-0.2, -0.15) is 0 Å². The zero-order valence-electron chi connectivity index (χ0n) is 37.1. The van der Waals surface area contributed by atoms with Crippen molar-refractivity contribution in [3.63, 3.8) is 0 Å². The smallest absolute Gasteiger partial charge is 0.222 e. The van der Waals surface area contributed by atoms with Crippen LogP contribution in [0.5, 0.6) is 0 Å². The standard InChI is InChI=1S/C21H42N4.C16H22O2.C7H13NO2.C2H6/c1-5-9-10-21(23-17-20(22)8-4)25-15-11-19(12-16-25)18-24(13-6-2)14-7-3;1-4-6-7-13-8-9-15(14(10-13)11-17)16(18)12(3)5-2;1-6(4-3-5-9)7(10)8-2;1-2/h8,17,19,21H,5-7,9-16,18,22H2,1-4H3;8-12H,4-7H2,1-3H3;5-6H,3-4H2,1-2H3,(H,8,10);1-2H3/b20-8+,23-17-;;;. The van der Waals surface area contributed by atoms with Crippen molar-refractivity contribution in [1.82, 2.24) is 15.1 Å². The number of nitrogens with zero attached hydrogens (tertiary/aromatic N) is 3. The molecule has 1 aliphatic heterocycles. The summed E-state index contributed by atoms with van der Waals surface area (Å²) in [5.41, 5.74) is 8.91. The molecule has 0 saturated carbocycles. The van der Waals surface area contributed by atoms with Gasteiger partial charge in [0.15, 0.2) is 12.1 Å². The highest BCUT2D eigenvalue weighted by Crippen LogP contribution is 2.23. The van der Waals surface area contributed by atoms with Gasteiger partial charge in [0.05, 0.1) is 0 Å². The first-order valence-corrected chi connectivity index (χ1v) is 21.7. The Labute approximate surface area is 337 Å². The van der Waals surface area contributed by atoms with Gasteiger partial charge in [0, 0.05) is 68.0 Å². The Bertz CT molecular complexity index is 1200. The van der Waals surface area contributed by atoms with Crippen molar-refractivity contribution >= 4 is 30.5 Å². The summed E-state index contributed by atoms with van der Waals surface area (Å²) in [6.07, 6.45) is 19.6. The van der Waals surface area contributed by atoms with Crippen LogP contribution in [0.1, 0.15) is 173 Å². The highest BCUT2D eigenvalue weighted by atomic mass is 16.2. The molecule has 0 aromatic heterocycles. The SMILES string of the molecule is C/C=C(N)\C=N/C(CCCC)N1CCC(CN(CCC)CCC)CC1.CC.CCCCc1ccc(C(=O)C(C)CC)c(C=O)c1.CNC(=O)C(C)CCC=O. The Morgan fingerprint density at radius 3 is 2.05 bits per heavy atom. The maximum absolute atomic E-state index is 12.1. The van der Waals surface area contributed by atoms with E-state index in [1.54, 1.807) is 7.05 Å². The van der Waals surface area contributed by atoms with Crippen molar-refractivity contribution in [2.24, 2.45) is 28.5 Å². The van der Waals surface area contributed by atoms with E-state index >= 15 is 0 Å². The molecular weight excluding hydrogens is 687 g/mol. The molecule has 1 aromatic rings. The third kappa shape index (κ3) is 24.2. The molecule has 2 rings (SSSR count). The van der Waals surface area contributed by atoms with Crippen LogP contribution in [-0.2, 0) is 16.0 Å². The number of aliphatic imine (C=N–C) groups is 1. The van der Waals surface area contributed by atoms with E-state index in [2.05, 4.69) is 42.8 Å². The van der Waals surface area contributed by atoms with Crippen molar-refractivity contribution in [3.05, 3.63) is 46.7 Å². The summed E-state index contributed by atoms with van der Waals surface area (Å²) in [5, 5.41) is 2.52. The molecule has 1 amide bonds. The Balaban J connectivity index is 0. The summed E-state index contributed by atoms with van der Waals surface area (Å²) in [6.45, 7) is 26.8. The van der Waals surface area contributed by atoms with Gasteiger partial charge in [0.25, 0.3) is 0 Å². The summed E-state index contributed by atoms with van der Waals surface area (Å²) in [4.78, 5) is 54.0. The Morgan fingerprint density at radius 1 is 0.945 bits per heavy atom. The molecule has 1 saturated heterocycles. The topological polar surface area (TPSA) is 125 Å². The van der Waals surface area contributed by atoms with Gasteiger partial charge in [-0.3, -0.25) is 24.3 Å². The van der Waals surface area contributed by atoms with Crippen LogP contribution >= 0.6 is 0 Å². The minimum atomic E-state index is -0.0461.